The molecule has 0 aliphatic rings. The lowest BCUT2D eigenvalue weighted by Crippen LogP contribution is -2.41. The molecular weight excluding hydrogens is 350 g/mol. The number of rotatable bonds is 9. The van der Waals surface area contributed by atoms with E-state index < -0.39 is 5.91 Å². The molecule has 2 aromatic carbocycles. The smallest absolute Gasteiger partial charge is 0.248 e. The van der Waals surface area contributed by atoms with Gasteiger partial charge in [0.1, 0.15) is 0 Å². The lowest BCUT2D eigenvalue weighted by molar-refractivity contribution is 0.100. The van der Waals surface area contributed by atoms with Crippen LogP contribution in [0.15, 0.2) is 53.5 Å². The van der Waals surface area contributed by atoms with E-state index in [1.54, 1.807) is 12.1 Å². The maximum absolute atomic E-state index is 11.2. The van der Waals surface area contributed by atoms with E-state index in [-0.39, 0.29) is 0 Å². The molecule has 6 nitrogen and oxygen atoms in total. The standard InChI is InChI=1S/C22H31N5O/c1-4-24-22(26-16-18-9-11-19(12-10-18)21(23)28)25-13-14-27(5-2)20-8-6-7-17(3)15-20/h6-12,15H,4-5,13-14,16H2,1-3H3,(H2,23,28)(H2,24,25,26). The summed E-state index contributed by atoms with van der Waals surface area (Å²) in [6.45, 7) is 10.3. The number of carbonyl (C=O) groups excluding carboxylic acids is 1. The summed E-state index contributed by atoms with van der Waals surface area (Å²) in [5, 5.41) is 6.66. The van der Waals surface area contributed by atoms with Gasteiger partial charge < -0.3 is 21.3 Å². The number of benzene rings is 2. The predicted octanol–water partition coefficient (Wildman–Crippen LogP) is 2.68. The SMILES string of the molecule is CCNC(=NCc1ccc(C(N)=O)cc1)NCCN(CC)c1cccc(C)c1. The first-order chi connectivity index (χ1) is 13.5. The van der Waals surface area contributed by atoms with Crippen LogP contribution >= 0.6 is 0 Å². The van der Waals surface area contributed by atoms with Gasteiger partial charge in [-0.2, -0.15) is 0 Å². The van der Waals surface area contributed by atoms with E-state index in [4.69, 9.17) is 5.73 Å². The Morgan fingerprint density at radius 1 is 1.11 bits per heavy atom. The van der Waals surface area contributed by atoms with Crippen LogP contribution in [0.25, 0.3) is 0 Å². The fraction of sp³-hybridized carbons (Fsp3) is 0.364. The minimum atomic E-state index is -0.417. The van der Waals surface area contributed by atoms with Crippen molar-refractivity contribution < 1.29 is 4.79 Å². The number of nitrogens with zero attached hydrogens (tertiary/aromatic N) is 2. The quantitative estimate of drug-likeness (QED) is 0.461. The highest BCUT2D eigenvalue weighted by molar-refractivity contribution is 5.92. The largest absolute Gasteiger partial charge is 0.370 e. The zero-order valence-corrected chi connectivity index (χ0v) is 17.0. The molecule has 28 heavy (non-hydrogen) atoms. The Hall–Kier alpha value is -3.02. The normalized spacial score (nSPS) is 11.2. The molecule has 6 heteroatoms. The van der Waals surface area contributed by atoms with E-state index in [1.165, 1.54) is 11.3 Å². The Labute approximate surface area is 167 Å². The van der Waals surface area contributed by atoms with Gasteiger partial charge in [-0.1, -0.05) is 24.3 Å². The molecule has 0 atom stereocenters. The molecule has 2 rings (SSSR count). The van der Waals surface area contributed by atoms with Crippen molar-refractivity contribution >= 4 is 17.6 Å². The number of anilines is 1. The van der Waals surface area contributed by atoms with Crippen molar-refractivity contribution in [3.63, 3.8) is 0 Å². The molecule has 0 aliphatic carbocycles. The van der Waals surface area contributed by atoms with Crippen molar-refractivity contribution in [2.24, 2.45) is 10.7 Å². The summed E-state index contributed by atoms with van der Waals surface area (Å²) < 4.78 is 0. The van der Waals surface area contributed by atoms with Crippen LogP contribution in [0.5, 0.6) is 0 Å². The highest BCUT2D eigenvalue weighted by Gasteiger charge is 2.05. The van der Waals surface area contributed by atoms with Crippen molar-refractivity contribution in [2.75, 3.05) is 31.1 Å². The van der Waals surface area contributed by atoms with Crippen LogP contribution in [0, 0.1) is 6.92 Å². The highest BCUT2D eigenvalue weighted by Crippen LogP contribution is 2.15. The lowest BCUT2D eigenvalue weighted by Gasteiger charge is -2.24. The molecule has 0 fully saturated rings. The number of nitrogens with two attached hydrogens (primary N) is 1. The van der Waals surface area contributed by atoms with Crippen molar-refractivity contribution in [2.45, 2.75) is 27.3 Å². The van der Waals surface area contributed by atoms with Crippen molar-refractivity contribution in [3.8, 4) is 0 Å². The van der Waals surface area contributed by atoms with E-state index in [9.17, 15) is 4.79 Å². The Morgan fingerprint density at radius 2 is 1.86 bits per heavy atom. The van der Waals surface area contributed by atoms with Crippen LogP contribution in [-0.4, -0.2) is 38.0 Å². The van der Waals surface area contributed by atoms with Crippen LogP contribution in [0.2, 0.25) is 0 Å². The number of nitrogens with one attached hydrogen (secondary N) is 2. The summed E-state index contributed by atoms with van der Waals surface area (Å²) in [5.41, 5.74) is 9.31. The van der Waals surface area contributed by atoms with Crippen molar-refractivity contribution in [3.05, 3.63) is 65.2 Å². The maximum atomic E-state index is 11.2. The van der Waals surface area contributed by atoms with E-state index in [2.05, 4.69) is 58.6 Å². The number of aryl methyl sites for hydroxylation is 1. The Balaban J connectivity index is 1.92. The molecule has 2 aromatic rings. The number of hydrogen-bond donors (Lipinski definition) is 3. The summed E-state index contributed by atoms with van der Waals surface area (Å²) in [5.74, 6) is 0.362. The van der Waals surface area contributed by atoms with E-state index in [0.29, 0.717) is 12.1 Å². The average molecular weight is 382 g/mol. The Bertz CT molecular complexity index is 786. The topological polar surface area (TPSA) is 82.7 Å². The lowest BCUT2D eigenvalue weighted by atomic mass is 10.1. The van der Waals surface area contributed by atoms with Gasteiger partial charge in [-0.15, -0.1) is 0 Å². The fourth-order valence-corrected chi connectivity index (χ4v) is 2.89. The fourth-order valence-electron chi connectivity index (χ4n) is 2.89. The molecule has 150 valence electrons. The number of likely N-dealkylation sites (N-methyl/N-ethyl adjacent to an activating group) is 1. The third-order valence-corrected chi connectivity index (χ3v) is 4.43. The van der Waals surface area contributed by atoms with Crippen LogP contribution < -0.4 is 21.3 Å². The molecule has 0 unspecified atom stereocenters. The molecule has 0 saturated carbocycles. The average Bonchev–Trinajstić information content (AvgIpc) is 2.69. The molecule has 0 aromatic heterocycles. The molecule has 0 saturated heterocycles. The van der Waals surface area contributed by atoms with Crippen LogP contribution in [-0.2, 0) is 6.54 Å². The second-order valence-electron chi connectivity index (χ2n) is 6.60. The minimum absolute atomic E-state index is 0.417. The van der Waals surface area contributed by atoms with Gasteiger partial charge in [0.25, 0.3) is 0 Å². The van der Waals surface area contributed by atoms with Gasteiger partial charge in [0, 0.05) is 37.4 Å². The third-order valence-electron chi connectivity index (χ3n) is 4.43. The van der Waals surface area contributed by atoms with Crippen molar-refractivity contribution in [1.29, 1.82) is 0 Å². The number of guanidine groups is 1. The molecule has 0 heterocycles. The number of primary amides is 1. The molecular formula is C22H31N5O. The van der Waals surface area contributed by atoms with E-state index in [1.807, 2.05) is 19.1 Å². The van der Waals surface area contributed by atoms with Crippen LogP contribution in [0.1, 0.15) is 35.3 Å². The first-order valence-corrected chi connectivity index (χ1v) is 9.76. The Morgan fingerprint density at radius 3 is 2.46 bits per heavy atom. The van der Waals surface area contributed by atoms with Gasteiger partial charge in [-0.3, -0.25) is 4.79 Å². The number of hydrogen-bond acceptors (Lipinski definition) is 3. The number of amides is 1. The molecule has 0 radical (unpaired) electrons. The number of carbonyl (C=O) groups is 1. The summed E-state index contributed by atoms with van der Waals surface area (Å²) in [6, 6.07) is 15.8. The summed E-state index contributed by atoms with van der Waals surface area (Å²) >= 11 is 0. The molecule has 0 aliphatic heterocycles. The molecule has 0 bridgehead atoms. The maximum Gasteiger partial charge on any atom is 0.248 e. The summed E-state index contributed by atoms with van der Waals surface area (Å²) in [4.78, 5) is 18.1. The van der Waals surface area contributed by atoms with Gasteiger partial charge >= 0.3 is 0 Å². The zero-order valence-electron chi connectivity index (χ0n) is 17.0. The van der Waals surface area contributed by atoms with Crippen molar-refractivity contribution in [1.82, 2.24) is 10.6 Å². The third kappa shape index (κ3) is 6.61. The monoisotopic (exact) mass is 381 g/mol. The molecule has 4 N–H and O–H groups in total. The zero-order chi connectivity index (χ0) is 20.4. The second-order valence-corrected chi connectivity index (χ2v) is 6.60. The van der Waals surface area contributed by atoms with Gasteiger partial charge in [0.15, 0.2) is 5.96 Å². The molecule has 0 spiro atoms. The van der Waals surface area contributed by atoms with E-state index >= 15 is 0 Å². The summed E-state index contributed by atoms with van der Waals surface area (Å²) in [7, 11) is 0. The summed E-state index contributed by atoms with van der Waals surface area (Å²) in [6.07, 6.45) is 0. The second kappa shape index (κ2) is 11.0. The van der Waals surface area contributed by atoms with Gasteiger partial charge in [-0.25, -0.2) is 4.99 Å². The molecule has 1 amide bonds. The highest BCUT2D eigenvalue weighted by atomic mass is 16.1. The number of aliphatic imine (C=N–C) groups is 1. The van der Waals surface area contributed by atoms with Gasteiger partial charge in [0.05, 0.1) is 6.54 Å². The van der Waals surface area contributed by atoms with Gasteiger partial charge in [-0.05, 0) is 56.2 Å². The predicted molar refractivity (Wildman–Crippen MR) is 117 cm³/mol. The van der Waals surface area contributed by atoms with Gasteiger partial charge in [0.2, 0.25) is 5.91 Å². The van der Waals surface area contributed by atoms with E-state index in [0.717, 1.165) is 37.7 Å². The Kier molecular flexibility index (Phi) is 8.34. The van der Waals surface area contributed by atoms with Crippen LogP contribution in [0.4, 0.5) is 5.69 Å². The minimum Gasteiger partial charge on any atom is -0.370 e. The van der Waals surface area contributed by atoms with Crippen LogP contribution in [0.3, 0.4) is 0 Å². The first-order valence-electron chi connectivity index (χ1n) is 9.76. The first kappa shape index (κ1) is 21.3.